The topological polar surface area (TPSA) is 33.0 Å². The van der Waals surface area contributed by atoms with Gasteiger partial charge >= 0.3 is 0 Å². The Morgan fingerprint density at radius 3 is 2.48 bits per heavy atom. The average molecular weight is 414 g/mol. The molecule has 21 heavy (non-hydrogen) atoms. The highest BCUT2D eigenvalue weighted by atomic mass is 79.9. The molecule has 0 aliphatic carbocycles. The first kappa shape index (κ1) is 17.9. The molecule has 1 N–H and O–H groups in total. The molecule has 1 aromatic heterocycles. The molecule has 1 heterocycles. The second kappa shape index (κ2) is 8.29. The van der Waals surface area contributed by atoms with Crippen LogP contribution in [0.3, 0.4) is 0 Å². The van der Waals surface area contributed by atoms with Crippen LogP contribution in [0.5, 0.6) is 0 Å². The number of hydrogen-bond acceptors (Lipinski definition) is 1. The molecular weight excluding hydrogens is 396 g/mol. The first-order chi connectivity index (χ1) is 9.54. The van der Waals surface area contributed by atoms with Crippen LogP contribution >= 0.6 is 15.9 Å². The maximum absolute atomic E-state index is 11.9. The Hall–Kier alpha value is -1.20. The summed E-state index contributed by atoms with van der Waals surface area (Å²) in [5.74, 6) is 0.0221. The molecule has 0 saturated heterocycles. The predicted molar refractivity (Wildman–Crippen MR) is 83.5 cm³/mol. The largest absolute Gasteiger partial charge is 1.00 e. The van der Waals surface area contributed by atoms with Gasteiger partial charge < -0.3 is 22.3 Å². The molecular formula is C16H18Br2N2O. The van der Waals surface area contributed by atoms with Crippen LogP contribution in [-0.2, 0) is 11.3 Å². The number of nitrogens with zero attached hydrogens (tertiary/aromatic N) is 1. The summed E-state index contributed by atoms with van der Waals surface area (Å²) in [6.45, 7) is 4.75. The minimum Gasteiger partial charge on any atom is -1.00 e. The Bertz CT molecular complexity index is 612. The van der Waals surface area contributed by atoms with Crippen LogP contribution in [0.1, 0.15) is 17.5 Å². The Balaban J connectivity index is 0.00000220. The van der Waals surface area contributed by atoms with Crippen LogP contribution in [0.25, 0.3) is 0 Å². The van der Waals surface area contributed by atoms with Crippen molar-refractivity contribution in [2.24, 2.45) is 0 Å². The molecule has 0 spiro atoms. The molecule has 5 heteroatoms. The minimum absolute atomic E-state index is 0. The molecule has 112 valence electrons. The highest BCUT2D eigenvalue weighted by Crippen LogP contribution is 2.20. The maximum Gasteiger partial charge on any atom is 0.230 e. The van der Waals surface area contributed by atoms with E-state index in [1.54, 1.807) is 0 Å². The van der Waals surface area contributed by atoms with Crippen molar-refractivity contribution in [2.75, 3.05) is 5.32 Å². The van der Waals surface area contributed by atoms with Crippen LogP contribution in [0.2, 0.25) is 0 Å². The van der Waals surface area contributed by atoms with E-state index in [2.05, 4.69) is 21.2 Å². The highest BCUT2D eigenvalue weighted by Gasteiger charge is 2.07. The van der Waals surface area contributed by atoms with E-state index in [1.165, 1.54) is 5.56 Å². The van der Waals surface area contributed by atoms with Crippen molar-refractivity contribution in [3.8, 4) is 0 Å². The zero-order valence-corrected chi connectivity index (χ0v) is 15.2. The molecule has 0 unspecified atom stereocenters. The van der Waals surface area contributed by atoms with E-state index in [9.17, 15) is 4.79 Å². The molecule has 0 saturated carbocycles. The number of aryl methyl sites for hydroxylation is 3. The van der Waals surface area contributed by atoms with Gasteiger partial charge in [-0.05, 0) is 37.1 Å². The Morgan fingerprint density at radius 1 is 1.19 bits per heavy atom. The minimum atomic E-state index is 0. The number of amides is 1. The summed E-state index contributed by atoms with van der Waals surface area (Å²) < 4.78 is 3.01. The number of carbonyl (C=O) groups is 1. The SMILES string of the molecule is Cc1cc[n+](CCC(=O)Nc2ccc(C)c(Br)c2)cc1.[Br-]. The number of anilines is 1. The first-order valence-corrected chi connectivity index (χ1v) is 7.35. The fourth-order valence-electron chi connectivity index (χ4n) is 1.81. The molecule has 3 nitrogen and oxygen atoms in total. The molecule has 0 aliphatic rings. The predicted octanol–water partition coefficient (Wildman–Crippen LogP) is 0.386. The van der Waals surface area contributed by atoms with Crippen molar-refractivity contribution in [2.45, 2.75) is 26.8 Å². The molecule has 0 atom stereocenters. The number of rotatable bonds is 4. The van der Waals surface area contributed by atoms with Gasteiger partial charge in [0.1, 0.15) is 0 Å². The fraction of sp³-hybridized carbons (Fsp3) is 0.250. The van der Waals surface area contributed by atoms with Gasteiger partial charge in [0.05, 0.1) is 6.42 Å². The smallest absolute Gasteiger partial charge is 0.230 e. The van der Waals surface area contributed by atoms with Gasteiger partial charge in [-0.15, -0.1) is 0 Å². The maximum atomic E-state index is 11.9. The average Bonchev–Trinajstić information content (AvgIpc) is 2.42. The lowest BCUT2D eigenvalue weighted by Gasteiger charge is -2.06. The lowest BCUT2D eigenvalue weighted by Crippen LogP contribution is -3.00. The molecule has 0 bridgehead atoms. The summed E-state index contributed by atoms with van der Waals surface area (Å²) in [5, 5.41) is 2.91. The standard InChI is InChI=1S/C16H17BrN2O.BrH/c1-12-5-8-19(9-6-12)10-7-16(20)18-14-4-3-13(2)15(17)11-14;/h3-6,8-9,11H,7,10H2,1-2H3;1H. The van der Waals surface area contributed by atoms with Crippen LogP contribution in [-0.4, -0.2) is 5.91 Å². The monoisotopic (exact) mass is 412 g/mol. The Morgan fingerprint density at radius 2 is 1.86 bits per heavy atom. The Labute approximate surface area is 144 Å². The summed E-state index contributed by atoms with van der Waals surface area (Å²) >= 11 is 3.46. The number of hydrogen-bond donors (Lipinski definition) is 1. The lowest BCUT2D eigenvalue weighted by molar-refractivity contribution is -0.695. The van der Waals surface area contributed by atoms with Crippen LogP contribution < -0.4 is 26.9 Å². The van der Waals surface area contributed by atoms with E-state index in [-0.39, 0.29) is 22.9 Å². The third-order valence-corrected chi connectivity index (χ3v) is 3.96. The van der Waals surface area contributed by atoms with Crippen molar-refractivity contribution >= 4 is 27.5 Å². The van der Waals surface area contributed by atoms with Crippen molar-refractivity contribution in [1.82, 2.24) is 0 Å². The first-order valence-electron chi connectivity index (χ1n) is 6.56. The van der Waals surface area contributed by atoms with Gasteiger partial charge in [-0.1, -0.05) is 22.0 Å². The second-order valence-corrected chi connectivity index (χ2v) is 5.73. The zero-order valence-electron chi connectivity index (χ0n) is 12.1. The molecule has 2 aromatic rings. The van der Waals surface area contributed by atoms with E-state index in [1.807, 2.05) is 61.1 Å². The van der Waals surface area contributed by atoms with E-state index in [0.717, 1.165) is 15.7 Å². The molecule has 1 aromatic carbocycles. The van der Waals surface area contributed by atoms with Gasteiger partial charge in [0.2, 0.25) is 5.91 Å². The molecule has 2 rings (SSSR count). The van der Waals surface area contributed by atoms with Crippen molar-refractivity contribution < 1.29 is 26.3 Å². The number of benzene rings is 1. The van der Waals surface area contributed by atoms with Crippen molar-refractivity contribution in [3.05, 3.63) is 58.3 Å². The number of nitrogens with one attached hydrogen (secondary N) is 1. The van der Waals surface area contributed by atoms with Gasteiger partial charge in [-0.2, -0.15) is 0 Å². The third kappa shape index (κ3) is 5.59. The summed E-state index contributed by atoms with van der Waals surface area (Å²) in [5.41, 5.74) is 3.19. The second-order valence-electron chi connectivity index (χ2n) is 4.88. The van der Waals surface area contributed by atoms with E-state index < -0.39 is 0 Å². The molecule has 0 aliphatic heterocycles. The molecule has 1 amide bonds. The van der Waals surface area contributed by atoms with E-state index in [4.69, 9.17) is 0 Å². The fourth-order valence-corrected chi connectivity index (χ4v) is 2.18. The third-order valence-electron chi connectivity index (χ3n) is 3.11. The number of aromatic nitrogens is 1. The Kier molecular flexibility index (Phi) is 7.05. The molecule has 0 radical (unpaired) electrons. The number of halogens is 2. The van der Waals surface area contributed by atoms with Crippen LogP contribution in [0, 0.1) is 13.8 Å². The van der Waals surface area contributed by atoms with Gasteiger partial charge in [-0.25, -0.2) is 4.57 Å². The van der Waals surface area contributed by atoms with Gasteiger partial charge in [0.15, 0.2) is 18.9 Å². The lowest BCUT2D eigenvalue weighted by atomic mass is 10.2. The summed E-state index contributed by atoms with van der Waals surface area (Å²) in [7, 11) is 0. The van der Waals surface area contributed by atoms with Gasteiger partial charge in [0.25, 0.3) is 0 Å². The van der Waals surface area contributed by atoms with E-state index in [0.29, 0.717) is 13.0 Å². The highest BCUT2D eigenvalue weighted by molar-refractivity contribution is 9.10. The van der Waals surface area contributed by atoms with Crippen LogP contribution in [0.15, 0.2) is 47.2 Å². The quantitative estimate of drug-likeness (QED) is 0.722. The zero-order chi connectivity index (χ0) is 14.5. The normalized spacial score (nSPS) is 9.86. The summed E-state index contributed by atoms with van der Waals surface area (Å²) in [6, 6.07) is 9.89. The number of carbonyl (C=O) groups excluding carboxylic acids is 1. The van der Waals surface area contributed by atoms with Crippen molar-refractivity contribution in [3.63, 3.8) is 0 Å². The van der Waals surface area contributed by atoms with Gasteiger partial charge in [-0.3, -0.25) is 4.79 Å². The number of pyridine rings is 1. The summed E-state index contributed by atoms with van der Waals surface area (Å²) in [4.78, 5) is 11.9. The van der Waals surface area contributed by atoms with Gasteiger partial charge in [0, 0.05) is 22.3 Å². The van der Waals surface area contributed by atoms with Crippen LogP contribution in [0.4, 0.5) is 5.69 Å². The van der Waals surface area contributed by atoms with Crippen molar-refractivity contribution in [1.29, 1.82) is 0 Å². The van der Waals surface area contributed by atoms with E-state index >= 15 is 0 Å². The summed E-state index contributed by atoms with van der Waals surface area (Å²) in [6.07, 6.45) is 4.44. The molecule has 0 fully saturated rings.